The Hall–Kier alpha value is -3.54. The van der Waals surface area contributed by atoms with E-state index in [2.05, 4.69) is 0 Å². The molecule has 0 radical (unpaired) electrons. The van der Waals surface area contributed by atoms with Crippen molar-refractivity contribution in [2.45, 2.75) is 47.0 Å². The number of aryl methyl sites for hydroxylation is 1. The SMILES string of the molecule is Cc1ccc2c(=O)n(-c3ccc(O)c(C)c3C)c(C(Cc3cc(F)cc(F)c3)C(C)C)nc2c1. The van der Waals surface area contributed by atoms with Gasteiger partial charge in [-0.2, -0.15) is 0 Å². The predicted octanol–water partition coefficient (Wildman–Crippen LogP) is 6.28. The van der Waals surface area contributed by atoms with Crippen LogP contribution in [0.1, 0.15) is 47.8 Å². The molecular formula is C28H28F2N2O2. The quantitative estimate of drug-likeness (QED) is 0.380. The van der Waals surface area contributed by atoms with Crippen molar-refractivity contribution in [3.63, 3.8) is 0 Å². The third-order valence-electron chi connectivity index (χ3n) is 6.54. The van der Waals surface area contributed by atoms with E-state index < -0.39 is 11.6 Å². The van der Waals surface area contributed by atoms with E-state index in [1.165, 1.54) is 12.1 Å². The average Bonchev–Trinajstić information content (AvgIpc) is 2.75. The molecule has 0 fully saturated rings. The standard InChI is InChI=1S/C28H28F2N2O2/c1-15(2)23(13-19-11-20(29)14-21(30)12-19)27-31-24-10-16(3)6-7-22(24)28(34)32(27)25-8-9-26(33)18(5)17(25)4/h6-12,14-15,23,33H,13H2,1-5H3. The normalized spacial score (nSPS) is 12.5. The monoisotopic (exact) mass is 462 g/mol. The van der Waals surface area contributed by atoms with Gasteiger partial charge in [0.25, 0.3) is 5.56 Å². The summed E-state index contributed by atoms with van der Waals surface area (Å²) in [5.41, 5.74) is 3.91. The maximum absolute atomic E-state index is 13.9. The predicted molar refractivity (Wildman–Crippen MR) is 131 cm³/mol. The largest absolute Gasteiger partial charge is 0.508 e. The van der Waals surface area contributed by atoms with Gasteiger partial charge in [-0.15, -0.1) is 0 Å². The summed E-state index contributed by atoms with van der Waals surface area (Å²) in [6.45, 7) is 9.60. The van der Waals surface area contributed by atoms with Crippen molar-refractivity contribution in [2.24, 2.45) is 5.92 Å². The topological polar surface area (TPSA) is 55.1 Å². The molecule has 4 nitrogen and oxygen atoms in total. The molecule has 0 bridgehead atoms. The summed E-state index contributed by atoms with van der Waals surface area (Å²) < 4.78 is 29.5. The Kier molecular flexibility index (Phi) is 6.26. The first-order valence-corrected chi connectivity index (χ1v) is 11.3. The molecule has 0 saturated carbocycles. The van der Waals surface area contributed by atoms with Gasteiger partial charge in [-0.25, -0.2) is 13.8 Å². The summed E-state index contributed by atoms with van der Waals surface area (Å²) in [7, 11) is 0. The van der Waals surface area contributed by atoms with E-state index in [4.69, 9.17) is 4.98 Å². The van der Waals surface area contributed by atoms with Gasteiger partial charge in [0, 0.05) is 12.0 Å². The molecule has 34 heavy (non-hydrogen) atoms. The van der Waals surface area contributed by atoms with Crippen LogP contribution in [0, 0.1) is 38.3 Å². The maximum Gasteiger partial charge on any atom is 0.265 e. The Balaban J connectivity index is 2.03. The number of hydrogen-bond acceptors (Lipinski definition) is 3. The zero-order chi connectivity index (χ0) is 24.7. The van der Waals surface area contributed by atoms with Gasteiger partial charge in [0.2, 0.25) is 0 Å². The first kappa shape index (κ1) is 23.6. The molecule has 1 N–H and O–H groups in total. The van der Waals surface area contributed by atoms with Crippen LogP contribution in [0.5, 0.6) is 5.75 Å². The fraction of sp³-hybridized carbons (Fsp3) is 0.286. The summed E-state index contributed by atoms with van der Waals surface area (Å²) in [5.74, 6) is -0.881. The molecular weight excluding hydrogens is 434 g/mol. The van der Waals surface area contributed by atoms with Gasteiger partial charge < -0.3 is 5.11 Å². The van der Waals surface area contributed by atoms with E-state index in [-0.39, 0.29) is 23.1 Å². The maximum atomic E-state index is 13.9. The molecule has 1 unspecified atom stereocenters. The molecule has 0 spiro atoms. The van der Waals surface area contributed by atoms with Gasteiger partial charge in [0.15, 0.2) is 0 Å². The summed E-state index contributed by atoms with van der Waals surface area (Å²) in [4.78, 5) is 18.8. The van der Waals surface area contributed by atoms with Crippen molar-refractivity contribution in [1.29, 1.82) is 0 Å². The van der Waals surface area contributed by atoms with Gasteiger partial charge in [-0.3, -0.25) is 9.36 Å². The van der Waals surface area contributed by atoms with Crippen LogP contribution >= 0.6 is 0 Å². The van der Waals surface area contributed by atoms with Crippen molar-refractivity contribution in [1.82, 2.24) is 9.55 Å². The van der Waals surface area contributed by atoms with Gasteiger partial charge in [0.1, 0.15) is 23.2 Å². The van der Waals surface area contributed by atoms with Crippen LogP contribution in [0.25, 0.3) is 16.6 Å². The first-order chi connectivity index (χ1) is 16.1. The lowest BCUT2D eigenvalue weighted by molar-refractivity contribution is 0.459. The lowest BCUT2D eigenvalue weighted by atomic mass is 9.87. The second-order valence-electron chi connectivity index (χ2n) is 9.32. The molecule has 1 atom stereocenters. The minimum atomic E-state index is -0.637. The molecule has 6 heteroatoms. The highest BCUT2D eigenvalue weighted by Gasteiger charge is 2.26. The first-order valence-electron chi connectivity index (χ1n) is 11.3. The molecule has 0 aliphatic heterocycles. The zero-order valence-corrected chi connectivity index (χ0v) is 20.0. The Morgan fingerprint density at radius 2 is 1.62 bits per heavy atom. The molecule has 4 rings (SSSR count). The van der Waals surface area contributed by atoms with Crippen LogP contribution in [0.15, 0.2) is 53.3 Å². The van der Waals surface area contributed by atoms with Gasteiger partial charge in [-0.1, -0.05) is 19.9 Å². The Morgan fingerprint density at radius 3 is 2.26 bits per heavy atom. The van der Waals surface area contributed by atoms with E-state index in [9.17, 15) is 18.7 Å². The highest BCUT2D eigenvalue weighted by atomic mass is 19.1. The summed E-state index contributed by atoms with van der Waals surface area (Å²) in [5, 5.41) is 10.7. The average molecular weight is 463 g/mol. The van der Waals surface area contributed by atoms with Crippen LogP contribution in [-0.2, 0) is 6.42 Å². The second-order valence-corrected chi connectivity index (χ2v) is 9.32. The number of nitrogens with zero attached hydrogens (tertiary/aromatic N) is 2. The minimum absolute atomic E-state index is 0.0188. The number of aromatic nitrogens is 2. The fourth-order valence-corrected chi connectivity index (χ4v) is 4.44. The van der Waals surface area contributed by atoms with E-state index in [1.807, 2.05) is 39.8 Å². The number of aromatic hydroxyl groups is 1. The van der Waals surface area contributed by atoms with E-state index >= 15 is 0 Å². The summed E-state index contributed by atoms with van der Waals surface area (Å²) >= 11 is 0. The van der Waals surface area contributed by atoms with Gasteiger partial charge in [-0.05, 0) is 91.8 Å². The molecule has 0 saturated heterocycles. The van der Waals surface area contributed by atoms with Gasteiger partial charge >= 0.3 is 0 Å². The highest BCUT2D eigenvalue weighted by molar-refractivity contribution is 5.79. The van der Waals surface area contributed by atoms with E-state index in [1.54, 1.807) is 29.7 Å². The van der Waals surface area contributed by atoms with Crippen molar-refractivity contribution in [3.05, 3.63) is 98.6 Å². The number of fused-ring (bicyclic) bond motifs is 1. The molecule has 1 heterocycles. The summed E-state index contributed by atoms with van der Waals surface area (Å²) in [6.07, 6.45) is 0.312. The number of phenols is 1. The Labute approximate surface area is 197 Å². The van der Waals surface area contributed by atoms with Crippen molar-refractivity contribution in [3.8, 4) is 11.4 Å². The van der Waals surface area contributed by atoms with Gasteiger partial charge in [0.05, 0.1) is 16.6 Å². The van der Waals surface area contributed by atoms with Crippen LogP contribution in [0.2, 0.25) is 0 Å². The van der Waals surface area contributed by atoms with Crippen molar-refractivity contribution < 1.29 is 13.9 Å². The molecule has 3 aromatic carbocycles. The zero-order valence-electron chi connectivity index (χ0n) is 20.0. The molecule has 1 aromatic heterocycles. The number of hydrogen-bond donors (Lipinski definition) is 1. The number of halogens is 2. The van der Waals surface area contributed by atoms with Crippen molar-refractivity contribution in [2.75, 3.05) is 0 Å². The van der Waals surface area contributed by atoms with Crippen LogP contribution in [0.4, 0.5) is 8.78 Å². The molecule has 176 valence electrons. The fourth-order valence-electron chi connectivity index (χ4n) is 4.44. The third-order valence-corrected chi connectivity index (χ3v) is 6.54. The molecule has 0 aliphatic rings. The number of benzene rings is 3. The Morgan fingerprint density at radius 1 is 0.941 bits per heavy atom. The third kappa shape index (κ3) is 4.32. The summed E-state index contributed by atoms with van der Waals surface area (Å²) in [6, 6.07) is 12.3. The molecule has 0 aliphatic carbocycles. The number of rotatable bonds is 5. The Bertz CT molecular complexity index is 1440. The number of phenolic OH excluding ortho intramolecular Hbond substituents is 1. The smallest absolute Gasteiger partial charge is 0.265 e. The molecule has 0 amide bonds. The minimum Gasteiger partial charge on any atom is -0.508 e. The highest BCUT2D eigenvalue weighted by Crippen LogP contribution is 2.32. The lowest BCUT2D eigenvalue weighted by Gasteiger charge is -2.26. The van der Waals surface area contributed by atoms with Crippen molar-refractivity contribution >= 4 is 10.9 Å². The molecule has 4 aromatic rings. The van der Waals surface area contributed by atoms with Crippen LogP contribution in [0.3, 0.4) is 0 Å². The van der Waals surface area contributed by atoms with E-state index in [0.717, 1.165) is 17.2 Å². The second kappa shape index (κ2) is 9.01. The van der Waals surface area contributed by atoms with E-state index in [0.29, 0.717) is 40.0 Å². The van der Waals surface area contributed by atoms with Crippen LogP contribution < -0.4 is 5.56 Å². The lowest BCUT2D eigenvalue weighted by Crippen LogP contribution is -2.29. The van der Waals surface area contributed by atoms with Crippen LogP contribution in [-0.4, -0.2) is 14.7 Å².